The van der Waals surface area contributed by atoms with Crippen molar-refractivity contribution >= 4 is 23.6 Å². The van der Waals surface area contributed by atoms with Crippen molar-refractivity contribution in [2.75, 3.05) is 12.9 Å². The van der Waals surface area contributed by atoms with E-state index in [2.05, 4.69) is 23.1 Å². The van der Waals surface area contributed by atoms with E-state index in [0.29, 0.717) is 5.75 Å². The molecule has 0 unspecified atom stereocenters. The zero-order valence-corrected chi connectivity index (χ0v) is 12.9. The Morgan fingerprint density at radius 1 is 1.32 bits per heavy atom. The maximum absolute atomic E-state index is 11.4. The fourth-order valence-corrected chi connectivity index (χ4v) is 2.33. The Bertz CT molecular complexity index is 292. The second kappa shape index (κ2) is 12.1. The first-order valence-corrected chi connectivity index (χ1v) is 7.78. The van der Waals surface area contributed by atoms with Crippen LogP contribution in [-0.2, 0) is 14.3 Å². The maximum Gasteiger partial charge on any atom is 0.329 e. The highest BCUT2D eigenvalue weighted by molar-refractivity contribution is 8.02. The summed E-state index contributed by atoms with van der Waals surface area (Å²) in [6, 6.07) is -0.572. The summed E-state index contributed by atoms with van der Waals surface area (Å²) in [4.78, 5) is 22.4. The fraction of sp³-hybridized carbons (Fsp3) is 0.714. The molecule has 0 aromatic carbocycles. The van der Waals surface area contributed by atoms with Crippen molar-refractivity contribution in [1.29, 1.82) is 0 Å². The topological polar surface area (TPSA) is 55.4 Å². The third-order valence-corrected chi connectivity index (χ3v) is 3.45. The van der Waals surface area contributed by atoms with Crippen LogP contribution in [0.2, 0.25) is 0 Å². The van der Waals surface area contributed by atoms with Crippen molar-refractivity contribution in [1.82, 2.24) is 5.32 Å². The predicted octanol–water partition coefficient (Wildman–Crippen LogP) is 2.88. The Kier molecular flexibility index (Phi) is 11.5. The van der Waals surface area contributed by atoms with E-state index in [1.807, 2.05) is 5.41 Å². The summed E-state index contributed by atoms with van der Waals surface area (Å²) in [7, 11) is 1.32. The van der Waals surface area contributed by atoms with E-state index < -0.39 is 12.0 Å². The van der Waals surface area contributed by atoms with Crippen LogP contribution in [0.5, 0.6) is 0 Å². The molecule has 0 aromatic heterocycles. The number of hydrogen-bond donors (Lipinski definition) is 1. The van der Waals surface area contributed by atoms with Gasteiger partial charge in [-0.3, -0.25) is 4.79 Å². The Labute approximate surface area is 120 Å². The monoisotopic (exact) mass is 287 g/mol. The molecular weight excluding hydrogens is 262 g/mol. The van der Waals surface area contributed by atoms with Gasteiger partial charge < -0.3 is 10.1 Å². The second-order valence-electron chi connectivity index (χ2n) is 4.33. The number of allylic oxidation sites excluding steroid dienone is 1. The van der Waals surface area contributed by atoms with Crippen molar-refractivity contribution in [3.8, 4) is 0 Å². The Morgan fingerprint density at radius 2 is 2.05 bits per heavy atom. The average Bonchev–Trinajstić information content (AvgIpc) is 2.39. The van der Waals surface area contributed by atoms with Crippen molar-refractivity contribution in [2.45, 2.75) is 52.0 Å². The van der Waals surface area contributed by atoms with Crippen LogP contribution >= 0.6 is 11.8 Å². The molecule has 0 aromatic rings. The average molecular weight is 287 g/mol. The lowest BCUT2D eigenvalue weighted by atomic mass is 10.2. The molecule has 1 N–H and O–H groups in total. The van der Waals surface area contributed by atoms with Crippen LogP contribution in [0.15, 0.2) is 11.5 Å². The molecule has 0 fully saturated rings. The normalized spacial score (nSPS) is 12.4. The first-order valence-electron chi connectivity index (χ1n) is 6.73. The van der Waals surface area contributed by atoms with Crippen LogP contribution in [0.25, 0.3) is 0 Å². The highest BCUT2D eigenvalue weighted by atomic mass is 32.2. The van der Waals surface area contributed by atoms with Crippen LogP contribution in [-0.4, -0.2) is 30.8 Å². The molecule has 5 heteroatoms. The Hall–Kier alpha value is -0.970. The third-order valence-electron chi connectivity index (χ3n) is 2.54. The number of nitrogens with one attached hydrogen (secondary N) is 1. The van der Waals surface area contributed by atoms with E-state index in [4.69, 9.17) is 0 Å². The smallest absolute Gasteiger partial charge is 0.329 e. The van der Waals surface area contributed by atoms with Crippen molar-refractivity contribution in [3.63, 3.8) is 0 Å². The van der Waals surface area contributed by atoms with E-state index in [-0.39, 0.29) is 5.91 Å². The van der Waals surface area contributed by atoms with Crippen LogP contribution in [0.4, 0.5) is 0 Å². The summed E-state index contributed by atoms with van der Waals surface area (Å²) in [5.41, 5.74) is 0. The standard InChI is InChI=1S/C14H25NO3S/c1-4-5-6-7-8-9-10-19-11-13(14(17)18-3)15-12(2)16/h9-10,13H,4-8,11H2,1-3H3,(H,15,16)/b10-9-/t13-/m0/s1. The van der Waals surface area contributed by atoms with Gasteiger partial charge in [0.1, 0.15) is 6.04 Å². The molecule has 0 spiro atoms. The van der Waals surface area contributed by atoms with Crippen LogP contribution in [0.1, 0.15) is 46.0 Å². The molecule has 0 radical (unpaired) electrons. The molecular formula is C14H25NO3S. The molecule has 0 saturated carbocycles. The Morgan fingerprint density at radius 3 is 2.63 bits per heavy atom. The van der Waals surface area contributed by atoms with Gasteiger partial charge in [-0.2, -0.15) is 0 Å². The van der Waals surface area contributed by atoms with Gasteiger partial charge in [0.05, 0.1) is 7.11 Å². The zero-order valence-electron chi connectivity index (χ0n) is 12.1. The van der Waals surface area contributed by atoms with Crippen LogP contribution < -0.4 is 5.32 Å². The third kappa shape index (κ3) is 10.6. The van der Waals surface area contributed by atoms with Gasteiger partial charge in [0, 0.05) is 12.7 Å². The van der Waals surface area contributed by atoms with Crippen molar-refractivity contribution in [2.24, 2.45) is 0 Å². The van der Waals surface area contributed by atoms with Gasteiger partial charge in [0.2, 0.25) is 5.91 Å². The minimum atomic E-state index is -0.572. The van der Waals surface area contributed by atoms with Gasteiger partial charge in [0.25, 0.3) is 0 Å². The van der Waals surface area contributed by atoms with Crippen molar-refractivity contribution < 1.29 is 14.3 Å². The fourth-order valence-electron chi connectivity index (χ4n) is 1.53. The SMILES string of the molecule is CCCCCC/C=C\SC[C@H](NC(C)=O)C(=O)OC. The largest absolute Gasteiger partial charge is 0.467 e. The minimum absolute atomic E-state index is 0.223. The highest BCUT2D eigenvalue weighted by Gasteiger charge is 2.19. The van der Waals surface area contributed by atoms with Crippen LogP contribution in [0, 0.1) is 0 Å². The van der Waals surface area contributed by atoms with Crippen LogP contribution in [0.3, 0.4) is 0 Å². The first kappa shape index (κ1) is 18.0. The molecule has 0 rings (SSSR count). The lowest BCUT2D eigenvalue weighted by molar-refractivity contribution is -0.144. The van der Waals surface area contributed by atoms with E-state index in [1.54, 1.807) is 0 Å². The number of ether oxygens (including phenoxy) is 1. The first-order chi connectivity index (χ1) is 9.11. The molecule has 0 aliphatic carbocycles. The number of thioether (sulfide) groups is 1. The van der Waals surface area contributed by atoms with Gasteiger partial charge >= 0.3 is 5.97 Å². The van der Waals surface area contributed by atoms with E-state index in [9.17, 15) is 9.59 Å². The molecule has 1 atom stereocenters. The summed E-state index contributed by atoms with van der Waals surface area (Å²) in [6.07, 6.45) is 8.18. The number of carbonyl (C=O) groups excluding carboxylic acids is 2. The summed E-state index contributed by atoms with van der Waals surface area (Å²) in [5.74, 6) is -0.129. The van der Waals surface area contributed by atoms with Gasteiger partial charge in [-0.25, -0.2) is 4.79 Å². The molecule has 0 aliphatic rings. The van der Waals surface area contributed by atoms with Gasteiger partial charge in [-0.1, -0.05) is 32.3 Å². The van der Waals surface area contributed by atoms with E-state index in [0.717, 1.165) is 6.42 Å². The maximum atomic E-state index is 11.4. The zero-order chi connectivity index (χ0) is 14.5. The number of methoxy groups -OCH3 is 1. The number of unbranched alkanes of at least 4 members (excludes halogenated alkanes) is 4. The molecule has 0 heterocycles. The predicted molar refractivity (Wildman–Crippen MR) is 80.0 cm³/mol. The summed E-state index contributed by atoms with van der Waals surface area (Å²) >= 11 is 1.51. The lowest BCUT2D eigenvalue weighted by Gasteiger charge is -2.13. The molecule has 19 heavy (non-hydrogen) atoms. The second-order valence-corrected chi connectivity index (χ2v) is 5.27. The number of esters is 1. The van der Waals surface area contributed by atoms with E-state index in [1.165, 1.54) is 51.5 Å². The number of hydrogen-bond acceptors (Lipinski definition) is 4. The lowest BCUT2D eigenvalue weighted by Crippen LogP contribution is -2.42. The molecule has 110 valence electrons. The molecule has 0 saturated heterocycles. The quantitative estimate of drug-likeness (QED) is 0.496. The molecule has 4 nitrogen and oxygen atoms in total. The molecule has 0 aliphatic heterocycles. The number of rotatable bonds is 10. The van der Waals surface area contributed by atoms with Crippen molar-refractivity contribution in [3.05, 3.63) is 11.5 Å². The summed E-state index contributed by atoms with van der Waals surface area (Å²) < 4.78 is 4.64. The van der Waals surface area contributed by atoms with Gasteiger partial charge in [-0.05, 0) is 18.2 Å². The van der Waals surface area contributed by atoms with Gasteiger partial charge in [-0.15, -0.1) is 11.8 Å². The summed E-state index contributed by atoms with van der Waals surface area (Å²) in [5, 5.41) is 4.57. The molecule has 0 bridgehead atoms. The molecule has 1 amide bonds. The van der Waals surface area contributed by atoms with E-state index >= 15 is 0 Å². The number of amides is 1. The highest BCUT2D eigenvalue weighted by Crippen LogP contribution is 2.09. The Balaban J connectivity index is 3.82. The summed E-state index contributed by atoms with van der Waals surface area (Å²) in [6.45, 7) is 3.59. The minimum Gasteiger partial charge on any atom is -0.467 e. The number of carbonyl (C=O) groups is 2. The van der Waals surface area contributed by atoms with Gasteiger partial charge in [0.15, 0.2) is 0 Å².